The SMILES string of the molecule is Cc1ccccc1C(=O)NNS(=O)(=O)c1cnc(Cl)c(C)c1. The van der Waals surface area contributed by atoms with Crippen molar-refractivity contribution in [2.45, 2.75) is 18.7 Å². The molecule has 0 aliphatic carbocycles. The average molecular weight is 340 g/mol. The molecule has 2 aromatic rings. The topological polar surface area (TPSA) is 88.2 Å². The van der Waals surface area contributed by atoms with Gasteiger partial charge in [0.25, 0.3) is 15.9 Å². The van der Waals surface area contributed by atoms with Gasteiger partial charge in [0.05, 0.1) is 0 Å². The maximum absolute atomic E-state index is 12.1. The Kier molecular flexibility index (Phi) is 4.80. The van der Waals surface area contributed by atoms with Gasteiger partial charge in [0.15, 0.2) is 0 Å². The summed E-state index contributed by atoms with van der Waals surface area (Å²) < 4.78 is 24.2. The van der Waals surface area contributed by atoms with Gasteiger partial charge in [-0.3, -0.25) is 10.2 Å². The predicted octanol–water partition coefficient (Wildman–Crippen LogP) is 1.98. The average Bonchev–Trinajstić information content (AvgIpc) is 2.48. The van der Waals surface area contributed by atoms with Crippen molar-refractivity contribution in [1.29, 1.82) is 0 Å². The fourth-order valence-electron chi connectivity index (χ4n) is 1.75. The zero-order valence-corrected chi connectivity index (χ0v) is 13.5. The molecule has 1 amide bonds. The first-order chi connectivity index (χ1) is 10.3. The Hall–Kier alpha value is -1.96. The molecule has 0 atom stereocenters. The maximum Gasteiger partial charge on any atom is 0.266 e. The number of carbonyl (C=O) groups is 1. The van der Waals surface area contributed by atoms with Crippen LogP contribution in [-0.4, -0.2) is 19.3 Å². The molecule has 0 radical (unpaired) electrons. The van der Waals surface area contributed by atoms with E-state index in [1.54, 1.807) is 38.1 Å². The van der Waals surface area contributed by atoms with Gasteiger partial charge in [-0.1, -0.05) is 29.8 Å². The third-order valence-electron chi connectivity index (χ3n) is 2.99. The van der Waals surface area contributed by atoms with E-state index in [9.17, 15) is 13.2 Å². The number of amides is 1. The fraction of sp³-hybridized carbons (Fsp3) is 0.143. The first kappa shape index (κ1) is 16.4. The molecular weight excluding hydrogens is 326 g/mol. The van der Waals surface area contributed by atoms with Gasteiger partial charge in [0.1, 0.15) is 10.0 Å². The van der Waals surface area contributed by atoms with Crippen molar-refractivity contribution in [2.75, 3.05) is 0 Å². The molecule has 22 heavy (non-hydrogen) atoms. The van der Waals surface area contributed by atoms with E-state index in [1.807, 2.05) is 4.83 Å². The Labute approximate surface area is 133 Å². The van der Waals surface area contributed by atoms with Crippen molar-refractivity contribution in [3.05, 3.63) is 58.4 Å². The van der Waals surface area contributed by atoms with Crippen LogP contribution in [0.15, 0.2) is 41.4 Å². The minimum atomic E-state index is -3.92. The standard InChI is InChI=1S/C14H14ClN3O3S/c1-9-5-3-4-6-12(9)14(19)17-18-22(20,21)11-7-10(2)13(15)16-8-11/h3-8,18H,1-2H3,(H,17,19). The van der Waals surface area contributed by atoms with E-state index in [0.717, 1.165) is 11.8 Å². The van der Waals surface area contributed by atoms with E-state index in [-0.39, 0.29) is 10.0 Å². The highest BCUT2D eigenvalue weighted by molar-refractivity contribution is 7.89. The lowest BCUT2D eigenvalue weighted by Crippen LogP contribution is -2.41. The molecule has 0 spiro atoms. The Morgan fingerprint density at radius 1 is 1.18 bits per heavy atom. The van der Waals surface area contributed by atoms with Crippen LogP contribution < -0.4 is 10.3 Å². The largest absolute Gasteiger partial charge is 0.273 e. The number of hydrogen-bond donors (Lipinski definition) is 2. The van der Waals surface area contributed by atoms with E-state index >= 15 is 0 Å². The molecule has 0 fully saturated rings. The summed E-state index contributed by atoms with van der Waals surface area (Å²) in [4.78, 5) is 17.7. The molecule has 0 unspecified atom stereocenters. The normalized spacial score (nSPS) is 11.2. The number of halogens is 1. The minimum absolute atomic E-state index is 0.0838. The Morgan fingerprint density at radius 2 is 1.86 bits per heavy atom. The highest BCUT2D eigenvalue weighted by Gasteiger charge is 2.17. The maximum atomic E-state index is 12.1. The van der Waals surface area contributed by atoms with E-state index < -0.39 is 15.9 Å². The van der Waals surface area contributed by atoms with E-state index in [1.165, 1.54) is 6.07 Å². The third kappa shape index (κ3) is 3.62. The molecule has 0 saturated carbocycles. The van der Waals surface area contributed by atoms with Crippen LogP contribution in [0, 0.1) is 13.8 Å². The molecule has 0 aliphatic rings. The summed E-state index contributed by atoms with van der Waals surface area (Å²) in [6.07, 6.45) is 1.12. The molecule has 8 heteroatoms. The molecule has 6 nitrogen and oxygen atoms in total. The number of nitrogens with zero attached hydrogens (tertiary/aromatic N) is 1. The molecule has 2 rings (SSSR count). The number of carbonyl (C=O) groups excluding carboxylic acids is 1. The lowest BCUT2D eigenvalue weighted by molar-refractivity contribution is 0.0944. The molecule has 1 aromatic carbocycles. The van der Waals surface area contributed by atoms with Gasteiger partial charge in [-0.15, -0.1) is 4.83 Å². The van der Waals surface area contributed by atoms with Crippen molar-refractivity contribution in [2.24, 2.45) is 0 Å². The van der Waals surface area contributed by atoms with Crippen LogP contribution in [0.3, 0.4) is 0 Å². The van der Waals surface area contributed by atoms with Gasteiger partial charge in [-0.05, 0) is 37.1 Å². The Balaban J connectivity index is 2.14. The number of rotatable bonds is 4. The molecule has 2 N–H and O–H groups in total. The van der Waals surface area contributed by atoms with Crippen LogP contribution in [0.25, 0.3) is 0 Å². The number of nitrogens with one attached hydrogen (secondary N) is 2. The molecule has 1 heterocycles. The molecule has 116 valence electrons. The number of aromatic nitrogens is 1. The Morgan fingerprint density at radius 3 is 2.50 bits per heavy atom. The van der Waals surface area contributed by atoms with Gasteiger partial charge >= 0.3 is 0 Å². The minimum Gasteiger partial charge on any atom is -0.273 e. The van der Waals surface area contributed by atoms with Gasteiger partial charge in [0, 0.05) is 11.8 Å². The second-order valence-electron chi connectivity index (χ2n) is 4.65. The summed E-state index contributed by atoms with van der Waals surface area (Å²) in [6, 6.07) is 8.22. The second kappa shape index (κ2) is 6.43. The van der Waals surface area contributed by atoms with Gasteiger partial charge in [-0.2, -0.15) is 0 Å². The van der Waals surface area contributed by atoms with Crippen molar-refractivity contribution in [3.8, 4) is 0 Å². The highest BCUT2D eigenvalue weighted by atomic mass is 35.5. The van der Waals surface area contributed by atoms with Crippen LogP contribution in [-0.2, 0) is 10.0 Å². The van der Waals surface area contributed by atoms with E-state index in [2.05, 4.69) is 10.4 Å². The summed E-state index contributed by atoms with van der Waals surface area (Å²) >= 11 is 5.76. The first-order valence-corrected chi connectivity index (χ1v) is 8.17. The lowest BCUT2D eigenvalue weighted by Gasteiger charge is -2.10. The van der Waals surface area contributed by atoms with Crippen molar-refractivity contribution < 1.29 is 13.2 Å². The first-order valence-electron chi connectivity index (χ1n) is 6.31. The van der Waals surface area contributed by atoms with Crippen LogP contribution in [0.4, 0.5) is 0 Å². The van der Waals surface area contributed by atoms with E-state index in [0.29, 0.717) is 11.1 Å². The molecular formula is C14H14ClN3O3S. The van der Waals surface area contributed by atoms with Crippen LogP contribution >= 0.6 is 11.6 Å². The number of benzene rings is 1. The summed E-state index contributed by atoms with van der Waals surface area (Å²) in [7, 11) is -3.92. The van der Waals surface area contributed by atoms with Crippen molar-refractivity contribution in [3.63, 3.8) is 0 Å². The van der Waals surface area contributed by atoms with Crippen LogP contribution in [0.5, 0.6) is 0 Å². The van der Waals surface area contributed by atoms with Crippen molar-refractivity contribution in [1.82, 2.24) is 15.2 Å². The van der Waals surface area contributed by atoms with Crippen LogP contribution in [0.2, 0.25) is 5.15 Å². The molecule has 1 aromatic heterocycles. The second-order valence-corrected chi connectivity index (χ2v) is 6.69. The summed E-state index contributed by atoms with van der Waals surface area (Å²) in [5, 5.41) is 0.225. The molecule has 0 bridgehead atoms. The number of sulfonamides is 1. The van der Waals surface area contributed by atoms with Crippen molar-refractivity contribution >= 4 is 27.5 Å². The monoisotopic (exact) mass is 339 g/mol. The predicted molar refractivity (Wildman–Crippen MR) is 83.0 cm³/mol. The lowest BCUT2D eigenvalue weighted by atomic mass is 10.1. The quantitative estimate of drug-likeness (QED) is 0.658. The fourth-order valence-corrected chi connectivity index (χ4v) is 2.72. The van der Waals surface area contributed by atoms with Crippen LogP contribution in [0.1, 0.15) is 21.5 Å². The van der Waals surface area contributed by atoms with Gasteiger partial charge in [0.2, 0.25) is 0 Å². The molecule has 0 saturated heterocycles. The molecule has 0 aliphatic heterocycles. The number of pyridine rings is 1. The van der Waals surface area contributed by atoms with Gasteiger partial charge in [-0.25, -0.2) is 13.4 Å². The summed E-state index contributed by atoms with van der Waals surface area (Å²) in [6.45, 7) is 3.40. The third-order valence-corrected chi connectivity index (χ3v) is 4.60. The zero-order chi connectivity index (χ0) is 16.3. The highest BCUT2D eigenvalue weighted by Crippen LogP contribution is 2.16. The number of hydrogen-bond acceptors (Lipinski definition) is 4. The number of aryl methyl sites for hydroxylation is 2. The number of hydrazine groups is 1. The zero-order valence-electron chi connectivity index (χ0n) is 11.9. The Bertz CT molecular complexity index is 822. The van der Waals surface area contributed by atoms with Gasteiger partial charge < -0.3 is 0 Å². The smallest absolute Gasteiger partial charge is 0.266 e. The summed E-state index contributed by atoms with van der Waals surface area (Å²) in [5.41, 5.74) is 3.82. The summed E-state index contributed by atoms with van der Waals surface area (Å²) in [5.74, 6) is -0.541. The van der Waals surface area contributed by atoms with E-state index in [4.69, 9.17) is 11.6 Å².